The second kappa shape index (κ2) is 5.84. The van der Waals surface area contributed by atoms with Crippen LogP contribution in [0.3, 0.4) is 0 Å². The van der Waals surface area contributed by atoms with Gasteiger partial charge in [-0.3, -0.25) is 10.1 Å². The SMILES string of the molecule is Cc1cccc([N+](=O)[O-])c1NC(C)Cc1cccs1. The van der Waals surface area contributed by atoms with E-state index in [1.54, 1.807) is 17.4 Å². The molecular weight excluding hydrogens is 260 g/mol. The lowest BCUT2D eigenvalue weighted by molar-refractivity contribution is -0.384. The maximum Gasteiger partial charge on any atom is 0.292 e. The number of nitrogens with zero attached hydrogens (tertiary/aromatic N) is 1. The number of para-hydroxylation sites is 1. The van der Waals surface area contributed by atoms with Gasteiger partial charge in [-0.25, -0.2) is 0 Å². The molecule has 4 nitrogen and oxygen atoms in total. The third kappa shape index (κ3) is 3.32. The average molecular weight is 276 g/mol. The zero-order valence-electron chi connectivity index (χ0n) is 10.9. The van der Waals surface area contributed by atoms with Crippen molar-refractivity contribution in [1.82, 2.24) is 0 Å². The molecule has 1 unspecified atom stereocenters. The summed E-state index contributed by atoms with van der Waals surface area (Å²) in [5.41, 5.74) is 1.65. The van der Waals surface area contributed by atoms with Crippen molar-refractivity contribution >= 4 is 22.7 Å². The zero-order valence-corrected chi connectivity index (χ0v) is 11.7. The first kappa shape index (κ1) is 13.5. The number of nitrogens with one attached hydrogen (secondary N) is 1. The van der Waals surface area contributed by atoms with E-state index in [0.717, 1.165) is 12.0 Å². The van der Waals surface area contributed by atoms with E-state index in [-0.39, 0.29) is 16.7 Å². The molecule has 0 saturated carbocycles. The van der Waals surface area contributed by atoms with Gasteiger partial charge in [0.05, 0.1) is 4.92 Å². The summed E-state index contributed by atoms with van der Waals surface area (Å²) in [6, 6.07) is 9.37. The van der Waals surface area contributed by atoms with Crippen LogP contribution in [-0.4, -0.2) is 11.0 Å². The molecule has 0 amide bonds. The molecule has 1 atom stereocenters. The molecular formula is C14H16N2O2S. The molecule has 1 N–H and O–H groups in total. The molecule has 0 aliphatic heterocycles. The number of rotatable bonds is 5. The van der Waals surface area contributed by atoms with Crippen molar-refractivity contribution < 1.29 is 4.92 Å². The minimum atomic E-state index is -0.340. The van der Waals surface area contributed by atoms with Crippen LogP contribution >= 0.6 is 11.3 Å². The van der Waals surface area contributed by atoms with Gasteiger partial charge in [0, 0.05) is 23.4 Å². The first-order valence-electron chi connectivity index (χ1n) is 6.11. The molecule has 0 aliphatic rings. The van der Waals surface area contributed by atoms with Gasteiger partial charge in [0.15, 0.2) is 0 Å². The lowest BCUT2D eigenvalue weighted by Crippen LogP contribution is -2.19. The fourth-order valence-corrected chi connectivity index (χ4v) is 2.86. The van der Waals surface area contributed by atoms with Gasteiger partial charge in [0.2, 0.25) is 0 Å². The topological polar surface area (TPSA) is 55.2 Å². The Morgan fingerprint density at radius 3 is 2.79 bits per heavy atom. The highest BCUT2D eigenvalue weighted by molar-refractivity contribution is 7.09. The number of nitro groups is 1. The molecule has 0 radical (unpaired) electrons. The predicted octanol–water partition coefficient (Wildman–Crippen LogP) is 4.01. The first-order chi connectivity index (χ1) is 9.08. The van der Waals surface area contributed by atoms with E-state index in [4.69, 9.17) is 0 Å². The van der Waals surface area contributed by atoms with Gasteiger partial charge in [-0.15, -0.1) is 11.3 Å². The number of hydrogen-bond acceptors (Lipinski definition) is 4. The highest BCUT2D eigenvalue weighted by Crippen LogP contribution is 2.28. The number of benzene rings is 1. The largest absolute Gasteiger partial charge is 0.376 e. The van der Waals surface area contributed by atoms with Crippen LogP contribution in [0.25, 0.3) is 0 Å². The molecule has 100 valence electrons. The second-order valence-electron chi connectivity index (χ2n) is 4.56. The fourth-order valence-electron chi connectivity index (χ4n) is 2.02. The smallest absolute Gasteiger partial charge is 0.292 e. The lowest BCUT2D eigenvalue weighted by Gasteiger charge is -2.16. The summed E-state index contributed by atoms with van der Waals surface area (Å²) in [6.07, 6.45) is 0.864. The predicted molar refractivity (Wildman–Crippen MR) is 78.9 cm³/mol. The van der Waals surface area contributed by atoms with Crippen LogP contribution in [0.5, 0.6) is 0 Å². The summed E-state index contributed by atoms with van der Waals surface area (Å²) in [7, 11) is 0. The summed E-state index contributed by atoms with van der Waals surface area (Å²) < 4.78 is 0. The molecule has 0 fully saturated rings. The maximum atomic E-state index is 11.0. The second-order valence-corrected chi connectivity index (χ2v) is 5.59. The van der Waals surface area contributed by atoms with Crippen molar-refractivity contribution in [3.8, 4) is 0 Å². The molecule has 2 rings (SSSR count). The number of aryl methyl sites for hydroxylation is 1. The summed E-state index contributed by atoms with van der Waals surface area (Å²) in [5.74, 6) is 0. The Bertz CT molecular complexity index is 567. The van der Waals surface area contributed by atoms with E-state index >= 15 is 0 Å². The van der Waals surface area contributed by atoms with Crippen LogP contribution in [-0.2, 0) is 6.42 Å². The highest BCUT2D eigenvalue weighted by atomic mass is 32.1. The van der Waals surface area contributed by atoms with Crippen LogP contribution in [0, 0.1) is 17.0 Å². The standard InChI is InChI=1S/C14H16N2O2S/c1-10-5-3-7-13(16(17)18)14(10)15-11(2)9-12-6-4-8-19-12/h3-8,11,15H,9H2,1-2H3. The minimum absolute atomic E-state index is 0.137. The number of anilines is 1. The Balaban J connectivity index is 2.16. The number of hydrogen-bond donors (Lipinski definition) is 1. The van der Waals surface area contributed by atoms with E-state index in [1.807, 2.05) is 31.4 Å². The Labute approximate surface area is 116 Å². The van der Waals surface area contributed by atoms with Gasteiger partial charge >= 0.3 is 0 Å². The van der Waals surface area contributed by atoms with Crippen molar-refractivity contribution in [3.05, 3.63) is 56.3 Å². The minimum Gasteiger partial charge on any atom is -0.376 e. The van der Waals surface area contributed by atoms with Crippen LogP contribution < -0.4 is 5.32 Å². The van der Waals surface area contributed by atoms with Gasteiger partial charge in [-0.1, -0.05) is 18.2 Å². The summed E-state index contributed by atoms with van der Waals surface area (Å²) in [6.45, 7) is 3.92. The molecule has 5 heteroatoms. The van der Waals surface area contributed by atoms with Crippen molar-refractivity contribution in [1.29, 1.82) is 0 Å². The third-order valence-electron chi connectivity index (χ3n) is 2.93. The van der Waals surface area contributed by atoms with Crippen LogP contribution in [0.4, 0.5) is 11.4 Å². The molecule has 1 heterocycles. The van der Waals surface area contributed by atoms with Crippen molar-refractivity contribution in [3.63, 3.8) is 0 Å². The van der Waals surface area contributed by atoms with Crippen molar-refractivity contribution in [2.24, 2.45) is 0 Å². The van der Waals surface area contributed by atoms with E-state index in [9.17, 15) is 10.1 Å². The fraction of sp³-hybridized carbons (Fsp3) is 0.286. The van der Waals surface area contributed by atoms with Crippen LogP contribution in [0.2, 0.25) is 0 Å². The van der Waals surface area contributed by atoms with E-state index in [2.05, 4.69) is 11.4 Å². The molecule has 19 heavy (non-hydrogen) atoms. The Morgan fingerprint density at radius 2 is 2.16 bits per heavy atom. The third-order valence-corrected chi connectivity index (χ3v) is 3.82. The normalized spacial score (nSPS) is 12.1. The molecule has 0 bridgehead atoms. The Morgan fingerprint density at radius 1 is 1.37 bits per heavy atom. The van der Waals surface area contributed by atoms with Gasteiger partial charge in [0.1, 0.15) is 5.69 Å². The molecule has 0 aliphatic carbocycles. The van der Waals surface area contributed by atoms with E-state index in [1.165, 1.54) is 10.9 Å². The average Bonchev–Trinajstić information content (AvgIpc) is 2.84. The number of thiophene rings is 1. The molecule has 0 spiro atoms. The quantitative estimate of drug-likeness (QED) is 0.663. The van der Waals surface area contributed by atoms with Crippen molar-refractivity contribution in [2.75, 3.05) is 5.32 Å². The van der Waals surface area contributed by atoms with Gasteiger partial charge in [-0.05, 0) is 30.9 Å². The Hall–Kier alpha value is -1.88. The van der Waals surface area contributed by atoms with Crippen LogP contribution in [0.1, 0.15) is 17.4 Å². The zero-order chi connectivity index (χ0) is 13.8. The lowest BCUT2D eigenvalue weighted by atomic mass is 10.1. The van der Waals surface area contributed by atoms with Gasteiger partial charge in [-0.2, -0.15) is 0 Å². The summed E-state index contributed by atoms with van der Waals surface area (Å²) in [4.78, 5) is 12.0. The Kier molecular flexibility index (Phi) is 4.16. The molecule has 0 saturated heterocycles. The molecule has 2 aromatic rings. The van der Waals surface area contributed by atoms with Gasteiger partial charge < -0.3 is 5.32 Å². The molecule has 1 aromatic carbocycles. The van der Waals surface area contributed by atoms with Crippen LogP contribution in [0.15, 0.2) is 35.7 Å². The summed E-state index contributed by atoms with van der Waals surface area (Å²) in [5, 5.41) is 16.3. The first-order valence-corrected chi connectivity index (χ1v) is 6.99. The van der Waals surface area contributed by atoms with E-state index in [0.29, 0.717) is 5.69 Å². The molecule has 1 aromatic heterocycles. The van der Waals surface area contributed by atoms with Gasteiger partial charge in [0.25, 0.3) is 5.69 Å². The highest BCUT2D eigenvalue weighted by Gasteiger charge is 2.17. The van der Waals surface area contributed by atoms with E-state index < -0.39 is 0 Å². The summed E-state index contributed by atoms with van der Waals surface area (Å²) >= 11 is 1.70. The number of nitro benzene ring substituents is 1. The van der Waals surface area contributed by atoms with Crippen molar-refractivity contribution in [2.45, 2.75) is 26.3 Å². The maximum absolute atomic E-state index is 11.0. The monoisotopic (exact) mass is 276 g/mol.